The highest BCUT2D eigenvalue weighted by molar-refractivity contribution is 5.60. The Kier molecular flexibility index (Phi) is 4.23. The Bertz CT molecular complexity index is 605. The Labute approximate surface area is 120 Å². The van der Waals surface area contributed by atoms with E-state index in [0.29, 0.717) is 6.04 Å². The predicted molar refractivity (Wildman–Crippen MR) is 84.7 cm³/mol. The smallest absolute Gasteiger partial charge is 0.136 e. The highest BCUT2D eigenvalue weighted by Crippen LogP contribution is 2.20. The number of hydrogen-bond donors (Lipinski definition) is 2. The molecule has 2 N–H and O–H groups in total. The van der Waals surface area contributed by atoms with Crippen LogP contribution in [0.5, 0.6) is 0 Å². The predicted octanol–water partition coefficient (Wildman–Crippen LogP) is 3.97. The first-order valence-corrected chi connectivity index (χ1v) is 6.90. The minimum Gasteiger partial charge on any atom is -0.368 e. The molecule has 1 heterocycles. The highest BCUT2D eigenvalue weighted by atomic mass is 15.1. The fraction of sp³-hybridized carbons (Fsp3) is 0.375. The second-order valence-electron chi connectivity index (χ2n) is 5.41. The number of aryl methyl sites for hydroxylation is 3. The minimum absolute atomic E-state index is 0.346. The van der Waals surface area contributed by atoms with E-state index in [1.807, 2.05) is 13.0 Å². The van der Waals surface area contributed by atoms with E-state index in [1.165, 1.54) is 11.1 Å². The maximum absolute atomic E-state index is 4.43. The molecular weight excluding hydrogens is 248 g/mol. The van der Waals surface area contributed by atoms with E-state index in [2.05, 4.69) is 66.5 Å². The SMILES string of the molecule is Cc1nc(Nc2ccc(C)c(C)c2)cc(NC(C)C)n1. The van der Waals surface area contributed by atoms with Gasteiger partial charge in [-0.1, -0.05) is 6.07 Å². The van der Waals surface area contributed by atoms with Gasteiger partial charge in [-0.3, -0.25) is 0 Å². The number of aromatic nitrogens is 2. The topological polar surface area (TPSA) is 49.8 Å². The van der Waals surface area contributed by atoms with Gasteiger partial charge >= 0.3 is 0 Å². The Morgan fingerprint density at radius 1 is 0.900 bits per heavy atom. The van der Waals surface area contributed by atoms with Crippen molar-refractivity contribution < 1.29 is 0 Å². The van der Waals surface area contributed by atoms with Crippen molar-refractivity contribution in [3.05, 3.63) is 41.2 Å². The monoisotopic (exact) mass is 270 g/mol. The van der Waals surface area contributed by atoms with Crippen LogP contribution in [0.25, 0.3) is 0 Å². The molecule has 1 aromatic heterocycles. The average Bonchev–Trinajstić information content (AvgIpc) is 2.32. The standard InChI is InChI=1S/C16H22N4/c1-10(2)17-15-9-16(19-13(5)18-15)20-14-7-6-11(3)12(4)8-14/h6-10H,1-5H3,(H2,17,18,19,20). The van der Waals surface area contributed by atoms with Crippen LogP contribution in [0.3, 0.4) is 0 Å². The highest BCUT2D eigenvalue weighted by Gasteiger charge is 2.04. The maximum Gasteiger partial charge on any atom is 0.136 e. The first-order chi connectivity index (χ1) is 9.44. The second kappa shape index (κ2) is 5.90. The molecule has 0 aliphatic rings. The number of nitrogens with zero attached hydrogens (tertiary/aromatic N) is 2. The summed E-state index contributed by atoms with van der Waals surface area (Å²) >= 11 is 0. The molecule has 0 amide bonds. The van der Waals surface area contributed by atoms with Crippen LogP contribution < -0.4 is 10.6 Å². The van der Waals surface area contributed by atoms with Gasteiger partial charge in [-0.05, 0) is 57.9 Å². The Balaban J connectivity index is 2.24. The van der Waals surface area contributed by atoms with Gasteiger partial charge in [0, 0.05) is 17.8 Å². The van der Waals surface area contributed by atoms with Gasteiger partial charge in [0.05, 0.1) is 0 Å². The van der Waals surface area contributed by atoms with Crippen LogP contribution in [0.1, 0.15) is 30.8 Å². The van der Waals surface area contributed by atoms with Gasteiger partial charge in [0.1, 0.15) is 17.5 Å². The summed E-state index contributed by atoms with van der Waals surface area (Å²) in [6, 6.07) is 8.58. The molecule has 0 spiro atoms. The normalized spacial score (nSPS) is 10.7. The molecular formula is C16H22N4. The second-order valence-corrected chi connectivity index (χ2v) is 5.41. The summed E-state index contributed by atoms with van der Waals surface area (Å²) in [5.41, 5.74) is 3.60. The molecule has 0 atom stereocenters. The van der Waals surface area contributed by atoms with Crippen molar-refractivity contribution in [1.82, 2.24) is 9.97 Å². The zero-order valence-corrected chi connectivity index (χ0v) is 12.8. The summed E-state index contributed by atoms with van der Waals surface area (Å²) in [5, 5.41) is 6.64. The summed E-state index contributed by atoms with van der Waals surface area (Å²) in [4.78, 5) is 8.81. The van der Waals surface area contributed by atoms with E-state index in [0.717, 1.165) is 23.1 Å². The average molecular weight is 270 g/mol. The van der Waals surface area contributed by atoms with Gasteiger partial charge in [0.2, 0.25) is 0 Å². The first-order valence-electron chi connectivity index (χ1n) is 6.90. The van der Waals surface area contributed by atoms with Crippen molar-refractivity contribution in [3.63, 3.8) is 0 Å². The van der Waals surface area contributed by atoms with Gasteiger partial charge in [-0.2, -0.15) is 0 Å². The van der Waals surface area contributed by atoms with E-state index in [-0.39, 0.29) is 0 Å². The maximum atomic E-state index is 4.43. The Hall–Kier alpha value is -2.10. The summed E-state index contributed by atoms with van der Waals surface area (Å²) in [5.74, 6) is 2.41. The summed E-state index contributed by atoms with van der Waals surface area (Å²) < 4.78 is 0. The van der Waals surface area contributed by atoms with Crippen LogP contribution in [0.4, 0.5) is 17.3 Å². The van der Waals surface area contributed by atoms with Crippen LogP contribution in [0.2, 0.25) is 0 Å². The van der Waals surface area contributed by atoms with Crippen LogP contribution >= 0.6 is 0 Å². The number of hydrogen-bond acceptors (Lipinski definition) is 4. The molecule has 0 fully saturated rings. The molecule has 2 aromatic rings. The molecule has 0 saturated carbocycles. The van der Waals surface area contributed by atoms with E-state index in [9.17, 15) is 0 Å². The Morgan fingerprint density at radius 2 is 1.60 bits per heavy atom. The molecule has 20 heavy (non-hydrogen) atoms. The first kappa shape index (κ1) is 14.3. The van der Waals surface area contributed by atoms with E-state index >= 15 is 0 Å². The van der Waals surface area contributed by atoms with Gasteiger partial charge in [0.15, 0.2) is 0 Å². The largest absolute Gasteiger partial charge is 0.368 e. The third-order valence-electron chi connectivity index (χ3n) is 3.05. The summed E-state index contributed by atoms with van der Waals surface area (Å²) in [6.45, 7) is 10.3. The van der Waals surface area contributed by atoms with Crippen molar-refractivity contribution in [3.8, 4) is 0 Å². The fourth-order valence-electron chi connectivity index (χ4n) is 1.97. The van der Waals surface area contributed by atoms with Crippen molar-refractivity contribution in [2.45, 2.75) is 40.7 Å². The number of rotatable bonds is 4. The number of anilines is 3. The van der Waals surface area contributed by atoms with Gasteiger partial charge in [-0.25, -0.2) is 9.97 Å². The molecule has 0 aliphatic carbocycles. The van der Waals surface area contributed by atoms with Crippen molar-refractivity contribution >= 4 is 17.3 Å². The zero-order valence-electron chi connectivity index (χ0n) is 12.8. The van der Waals surface area contributed by atoms with Crippen LogP contribution in [0, 0.1) is 20.8 Å². The lowest BCUT2D eigenvalue weighted by Crippen LogP contribution is -2.12. The molecule has 0 unspecified atom stereocenters. The minimum atomic E-state index is 0.346. The van der Waals surface area contributed by atoms with E-state index < -0.39 is 0 Å². The van der Waals surface area contributed by atoms with Crippen LogP contribution in [-0.4, -0.2) is 16.0 Å². The quantitative estimate of drug-likeness (QED) is 0.882. The Morgan fingerprint density at radius 3 is 2.25 bits per heavy atom. The van der Waals surface area contributed by atoms with E-state index in [4.69, 9.17) is 0 Å². The molecule has 106 valence electrons. The van der Waals surface area contributed by atoms with Gasteiger partial charge in [0.25, 0.3) is 0 Å². The van der Waals surface area contributed by atoms with Crippen molar-refractivity contribution in [2.24, 2.45) is 0 Å². The zero-order chi connectivity index (χ0) is 14.7. The number of benzene rings is 1. The van der Waals surface area contributed by atoms with Crippen LogP contribution in [-0.2, 0) is 0 Å². The van der Waals surface area contributed by atoms with Crippen LogP contribution in [0.15, 0.2) is 24.3 Å². The molecule has 0 saturated heterocycles. The lowest BCUT2D eigenvalue weighted by Gasteiger charge is -2.12. The molecule has 4 heteroatoms. The van der Waals surface area contributed by atoms with Crippen molar-refractivity contribution in [2.75, 3.05) is 10.6 Å². The third-order valence-corrected chi connectivity index (χ3v) is 3.05. The molecule has 0 bridgehead atoms. The molecule has 0 radical (unpaired) electrons. The van der Waals surface area contributed by atoms with Gasteiger partial charge < -0.3 is 10.6 Å². The lowest BCUT2D eigenvalue weighted by atomic mass is 10.1. The summed E-state index contributed by atoms with van der Waals surface area (Å²) in [7, 11) is 0. The van der Waals surface area contributed by atoms with Gasteiger partial charge in [-0.15, -0.1) is 0 Å². The molecule has 4 nitrogen and oxygen atoms in total. The summed E-state index contributed by atoms with van der Waals surface area (Å²) in [6.07, 6.45) is 0. The fourth-order valence-corrected chi connectivity index (χ4v) is 1.97. The third kappa shape index (κ3) is 3.70. The molecule has 1 aromatic carbocycles. The van der Waals surface area contributed by atoms with Crippen molar-refractivity contribution in [1.29, 1.82) is 0 Å². The number of nitrogens with one attached hydrogen (secondary N) is 2. The molecule has 0 aliphatic heterocycles. The van der Waals surface area contributed by atoms with E-state index in [1.54, 1.807) is 0 Å². The lowest BCUT2D eigenvalue weighted by molar-refractivity contribution is 0.881. The molecule has 2 rings (SSSR count).